The highest BCUT2D eigenvalue weighted by molar-refractivity contribution is 5.78. The van der Waals surface area contributed by atoms with Gasteiger partial charge in [-0.1, -0.05) is 31.8 Å². The highest BCUT2D eigenvalue weighted by Crippen LogP contribution is 2.33. The van der Waals surface area contributed by atoms with Crippen LogP contribution in [0.15, 0.2) is 34.9 Å². The van der Waals surface area contributed by atoms with Crippen molar-refractivity contribution >= 4 is 5.91 Å². The smallest absolute Gasteiger partial charge is 0.225 e. The molecule has 1 unspecified atom stereocenters. The van der Waals surface area contributed by atoms with Crippen LogP contribution in [0.4, 0.5) is 0 Å². The van der Waals surface area contributed by atoms with Gasteiger partial charge in [-0.05, 0) is 37.1 Å². The number of likely N-dealkylation sites (tertiary alicyclic amines) is 1. The summed E-state index contributed by atoms with van der Waals surface area (Å²) in [4.78, 5) is 14.6. The van der Waals surface area contributed by atoms with Crippen LogP contribution in [0.1, 0.15) is 51.3 Å². The van der Waals surface area contributed by atoms with E-state index in [9.17, 15) is 4.79 Å². The maximum atomic E-state index is 12.6. The number of hydrogen-bond acceptors (Lipinski definition) is 4. The van der Waals surface area contributed by atoms with Crippen molar-refractivity contribution in [3.05, 3.63) is 36.1 Å². The van der Waals surface area contributed by atoms with Gasteiger partial charge < -0.3 is 14.2 Å². The number of rotatable bonds is 4. The molecule has 2 aromatic rings. The SMILES string of the molecule is COc1ccc(-c2cc(C3CCCCCN3C(=O)C(C)C)on2)cc1. The second-order valence-electron chi connectivity index (χ2n) is 6.89. The Morgan fingerprint density at radius 1 is 1.24 bits per heavy atom. The molecule has 1 saturated heterocycles. The summed E-state index contributed by atoms with van der Waals surface area (Å²) >= 11 is 0. The lowest BCUT2D eigenvalue weighted by atomic mass is 10.0. The van der Waals surface area contributed by atoms with Crippen LogP contribution in [-0.4, -0.2) is 29.6 Å². The summed E-state index contributed by atoms with van der Waals surface area (Å²) in [5.41, 5.74) is 1.77. The minimum atomic E-state index is -0.0168. The third-order valence-corrected chi connectivity index (χ3v) is 4.77. The van der Waals surface area contributed by atoms with E-state index in [0.717, 1.165) is 55.0 Å². The van der Waals surface area contributed by atoms with Crippen molar-refractivity contribution in [2.75, 3.05) is 13.7 Å². The molecule has 0 saturated carbocycles. The molecule has 1 aliphatic heterocycles. The molecular weight excluding hydrogens is 316 g/mol. The van der Waals surface area contributed by atoms with Gasteiger partial charge in [-0.25, -0.2) is 0 Å². The van der Waals surface area contributed by atoms with E-state index in [2.05, 4.69) is 5.16 Å². The standard InChI is InChI=1S/C20H26N2O3/c1-14(2)20(23)22-12-6-4-5-7-18(22)19-13-17(21-25-19)15-8-10-16(24-3)11-9-15/h8-11,13-14,18H,4-7,12H2,1-3H3. The first kappa shape index (κ1) is 17.5. The molecule has 5 heteroatoms. The van der Waals surface area contributed by atoms with E-state index in [0.29, 0.717) is 0 Å². The molecule has 1 fully saturated rings. The van der Waals surface area contributed by atoms with Crippen LogP contribution in [0.5, 0.6) is 5.75 Å². The largest absolute Gasteiger partial charge is 0.497 e. The Kier molecular flexibility index (Phi) is 5.41. The maximum Gasteiger partial charge on any atom is 0.225 e. The number of amides is 1. The minimum Gasteiger partial charge on any atom is -0.497 e. The van der Waals surface area contributed by atoms with Gasteiger partial charge in [0.2, 0.25) is 5.91 Å². The van der Waals surface area contributed by atoms with Gasteiger partial charge in [0, 0.05) is 24.1 Å². The van der Waals surface area contributed by atoms with E-state index in [1.165, 1.54) is 0 Å². The highest BCUT2D eigenvalue weighted by Gasteiger charge is 2.30. The van der Waals surface area contributed by atoms with Crippen LogP contribution < -0.4 is 4.74 Å². The fourth-order valence-electron chi connectivity index (χ4n) is 3.34. The Morgan fingerprint density at radius 2 is 2.00 bits per heavy atom. The van der Waals surface area contributed by atoms with Crippen LogP contribution in [0.25, 0.3) is 11.3 Å². The van der Waals surface area contributed by atoms with Crippen molar-refractivity contribution in [2.45, 2.75) is 45.6 Å². The van der Waals surface area contributed by atoms with Crippen LogP contribution >= 0.6 is 0 Å². The summed E-state index contributed by atoms with van der Waals surface area (Å²) in [6.07, 6.45) is 4.23. The second-order valence-corrected chi connectivity index (χ2v) is 6.89. The molecule has 5 nitrogen and oxygen atoms in total. The van der Waals surface area contributed by atoms with Crippen molar-refractivity contribution in [3.63, 3.8) is 0 Å². The molecule has 0 N–H and O–H groups in total. The average molecular weight is 342 g/mol. The molecular formula is C20H26N2O3. The predicted molar refractivity (Wildman–Crippen MR) is 96.3 cm³/mol. The zero-order valence-electron chi connectivity index (χ0n) is 15.2. The van der Waals surface area contributed by atoms with Crippen molar-refractivity contribution < 1.29 is 14.1 Å². The number of benzene rings is 1. The highest BCUT2D eigenvalue weighted by atomic mass is 16.5. The van der Waals surface area contributed by atoms with Crippen LogP contribution in [0, 0.1) is 5.92 Å². The minimum absolute atomic E-state index is 0.00965. The quantitative estimate of drug-likeness (QED) is 0.824. The zero-order chi connectivity index (χ0) is 17.8. The number of carbonyl (C=O) groups is 1. The monoisotopic (exact) mass is 342 g/mol. The topological polar surface area (TPSA) is 55.6 Å². The van der Waals surface area contributed by atoms with Crippen LogP contribution in [-0.2, 0) is 4.79 Å². The fraction of sp³-hybridized carbons (Fsp3) is 0.500. The molecule has 0 bridgehead atoms. The molecule has 25 heavy (non-hydrogen) atoms. The molecule has 3 rings (SSSR count). The molecule has 1 amide bonds. The van der Waals surface area contributed by atoms with Gasteiger partial charge in [0.15, 0.2) is 5.76 Å². The van der Waals surface area contributed by atoms with Gasteiger partial charge in [-0.3, -0.25) is 4.79 Å². The van der Waals surface area contributed by atoms with Gasteiger partial charge in [-0.2, -0.15) is 0 Å². The molecule has 1 aromatic heterocycles. The lowest BCUT2D eigenvalue weighted by molar-refractivity contribution is -0.137. The Hall–Kier alpha value is -2.30. The molecule has 0 aliphatic carbocycles. The third kappa shape index (κ3) is 3.86. The van der Waals surface area contributed by atoms with Gasteiger partial charge in [0.05, 0.1) is 13.2 Å². The van der Waals surface area contributed by atoms with E-state index >= 15 is 0 Å². The van der Waals surface area contributed by atoms with Crippen molar-refractivity contribution in [3.8, 4) is 17.0 Å². The Balaban J connectivity index is 1.86. The van der Waals surface area contributed by atoms with Crippen molar-refractivity contribution in [1.82, 2.24) is 10.1 Å². The number of methoxy groups -OCH3 is 1. The van der Waals surface area contributed by atoms with Crippen molar-refractivity contribution in [1.29, 1.82) is 0 Å². The van der Waals surface area contributed by atoms with Crippen LogP contribution in [0.2, 0.25) is 0 Å². The maximum absolute atomic E-state index is 12.6. The number of ether oxygens (including phenoxy) is 1. The molecule has 1 aromatic carbocycles. The predicted octanol–water partition coefficient (Wildman–Crippen LogP) is 4.45. The summed E-state index contributed by atoms with van der Waals surface area (Å²) in [7, 11) is 1.65. The third-order valence-electron chi connectivity index (χ3n) is 4.77. The average Bonchev–Trinajstić information content (AvgIpc) is 2.99. The fourth-order valence-corrected chi connectivity index (χ4v) is 3.34. The Labute approximate surface area is 148 Å². The number of aromatic nitrogens is 1. The summed E-state index contributed by atoms with van der Waals surface area (Å²) in [6, 6.07) is 9.69. The van der Waals surface area contributed by atoms with Gasteiger partial charge in [-0.15, -0.1) is 0 Å². The van der Waals surface area contributed by atoms with E-state index in [1.807, 2.05) is 49.1 Å². The Morgan fingerprint density at radius 3 is 2.68 bits per heavy atom. The first-order chi connectivity index (χ1) is 12.1. The normalized spacial score (nSPS) is 18.2. The van der Waals surface area contributed by atoms with E-state index < -0.39 is 0 Å². The lowest BCUT2D eigenvalue weighted by Crippen LogP contribution is -2.37. The Bertz CT molecular complexity index is 706. The molecule has 2 heterocycles. The summed E-state index contributed by atoms with van der Waals surface area (Å²) in [5.74, 6) is 1.77. The molecule has 0 spiro atoms. The molecule has 1 aliphatic rings. The second kappa shape index (κ2) is 7.72. The van der Waals surface area contributed by atoms with E-state index in [-0.39, 0.29) is 17.9 Å². The zero-order valence-corrected chi connectivity index (χ0v) is 15.2. The van der Waals surface area contributed by atoms with Gasteiger partial charge in [0.25, 0.3) is 0 Å². The number of hydrogen-bond donors (Lipinski definition) is 0. The first-order valence-electron chi connectivity index (χ1n) is 9.01. The van der Waals surface area contributed by atoms with Crippen LogP contribution in [0.3, 0.4) is 0 Å². The first-order valence-corrected chi connectivity index (χ1v) is 9.01. The number of carbonyl (C=O) groups excluding carboxylic acids is 1. The van der Waals surface area contributed by atoms with E-state index in [4.69, 9.17) is 9.26 Å². The summed E-state index contributed by atoms with van der Waals surface area (Å²) in [6.45, 7) is 4.70. The lowest BCUT2D eigenvalue weighted by Gasteiger charge is -2.29. The summed E-state index contributed by atoms with van der Waals surface area (Å²) < 4.78 is 10.8. The summed E-state index contributed by atoms with van der Waals surface area (Å²) in [5, 5.41) is 4.23. The molecule has 0 radical (unpaired) electrons. The van der Waals surface area contributed by atoms with Crippen molar-refractivity contribution in [2.24, 2.45) is 5.92 Å². The molecule has 134 valence electrons. The van der Waals surface area contributed by atoms with Gasteiger partial charge >= 0.3 is 0 Å². The number of nitrogens with zero attached hydrogens (tertiary/aromatic N) is 2. The molecule has 1 atom stereocenters. The van der Waals surface area contributed by atoms with E-state index in [1.54, 1.807) is 7.11 Å². The van der Waals surface area contributed by atoms with Gasteiger partial charge in [0.1, 0.15) is 11.4 Å².